The van der Waals surface area contributed by atoms with Crippen LogP contribution >= 0.6 is 0 Å². The van der Waals surface area contributed by atoms with Crippen LogP contribution < -0.4 is 10.1 Å². The quantitative estimate of drug-likeness (QED) is 0.832. The van der Waals surface area contributed by atoms with Crippen LogP contribution in [0, 0.1) is 5.92 Å². The van der Waals surface area contributed by atoms with E-state index in [0.29, 0.717) is 30.0 Å². The van der Waals surface area contributed by atoms with Crippen LogP contribution in [0.25, 0.3) is 6.08 Å². The Hall–Kier alpha value is -2.56. The predicted molar refractivity (Wildman–Crippen MR) is 86.9 cm³/mol. The average molecular weight is 312 g/mol. The minimum Gasteiger partial charge on any atom is -0.481 e. The second-order valence-electron chi connectivity index (χ2n) is 5.82. The Morgan fingerprint density at radius 2 is 2.26 bits per heavy atom. The third-order valence-electron chi connectivity index (χ3n) is 3.99. The largest absolute Gasteiger partial charge is 0.481 e. The minimum atomic E-state index is -0.168. The van der Waals surface area contributed by atoms with Crippen molar-refractivity contribution in [1.29, 1.82) is 0 Å². The number of methoxy groups -OCH3 is 1. The van der Waals surface area contributed by atoms with Gasteiger partial charge in [-0.2, -0.15) is 0 Å². The van der Waals surface area contributed by atoms with E-state index < -0.39 is 0 Å². The normalized spacial score (nSPS) is 19.7. The van der Waals surface area contributed by atoms with Gasteiger partial charge in [-0.3, -0.25) is 4.79 Å². The molecule has 0 aliphatic heterocycles. The van der Waals surface area contributed by atoms with E-state index in [2.05, 4.69) is 17.2 Å². The summed E-state index contributed by atoms with van der Waals surface area (Å²) in [6.07, 6.45) is 6.04. The fourth-order valence-electron chi connectivity index (χ4n) is 2.42. The number of nitrogens with zero attached hydrogens (tertiary/aromatic N) is 1. The zero-order valence-electron chi connectivity index (χ0n) is 13.3. The first kappa shape index (κ1) is 15.3. The number of ether oxygens (including phenoxy) is 1. The molecule has 0 spiro atoms. The van der Waals surface area contributed by atoms with Crippen molar-refractivity contribution < 1.29 is 13.9 Å². The van der Waals surface area contributed by atoms with E-state index >= 15 is 0 Å². The number of carbonyl (C=O) groups is 1. The Kier molecular flexibility index (Phi) is 4.46. The van der Waals surface area contributed by atoms with Gasteiger partial charge in [0.25, 0.3) is 0 Å². The number of pyridine rings is 1. The molecule has 1 aliphatic rings. The molecule has 0 saturated heterocycles. The number of furan rings is 1. The maximum Gasteiger partial charge on any atom is 0.244 e. The second-order valence-corrected chi connectivity index (χ2v) is 5.82. The van der Waals surface area contributed by atoms with Gasteiger partial charge in [0.2, 0.25) is 11.8 Å². The van der Waals surface area contributed by atoms with Crippen molar-refractivity contribution in [2.24, 2.45) is 5.92 Å². The van der Waals surface area contributed by atoms with Gasteiger partial charge in [-0.15, -0.1) is 0 Å². The van der Waals surface area contributed by atoms with Crippen molar-refractivity contribution in [1.82, 2.24) is 10.3 Å². The van der Waals surface area contributed by atoms with E-state index in [1.165, 1.54) is 12.5 Å². The van der Waals surface area contributed by atoms with E-state index in [1.54, 1.807) is 25.4 Å². The maximum atomic E-state index is 11.8. The molecule has 1 fully saturated rings. The van der Waals surface area contributed by atoms with Gasteiger partial charge >= 0.3 is 0 Å². The topological polar surface area (TPSA) is 64.4 Å². The summed E-state index contributed by atoms with van der Waals surface area (Å²) < 4.78 is 10.7. The molecule has 1 N–H and O–H groups in total. The van der Waals surface area contributed by atoms with Crippen molar-refractivity contribution in [3.05, 3.63) is 53.6 Å². The summed E-state index contributed by atoms with van der Waals surface area (Å²) in [5.41, 5.74) is 0.913. The maximum absolute atomic E-state index is 11.8. The van der Waals surface area contributed by atoms with Crippen LogP contribution in [0.5, 0.6) is 5.88 Å². The molecule has 2 aromatic heterocycles. The molecule has 1 saturated carbocycles. The lowest BCUT2D eigenvalue weighted by Gasteiger charge is -2.03. The Bertz CT molecular complexity index is 703. The molecule has 0 bridgehead atoms. The molecule has 2 heterocycles. The Balaban J connectivity index is 1.49. The molecule has 120 valence electrons. The molecule has 1 aliphatic carbocycles. The minimum absolute atomic E-state index is 0.168. The third kappa shape index (κ3) is 4.00. The molecular formula is C18H20N2O3. The SMILES string of the molecule is COc1ccc(CNC(=O)/C=C/c2ccc(C3CC3C)o2)cn1. The van der Waals surface area contributed by atoms with E-state index in [0.717, 1.165) is 11.3 Å². The number of aromatic nitrogens is 1. The van der Waals surface area contributed by atoms with E-state index in [9.17, 15) is 4.79 Å². The standard InChI is InChI=1S/C18H20N2O3/c1-12-9-15(12)16-6-4-14(23-16)5-7-17(21)19-10-13-3-8-18(22-2)20-11-13/h3-8,11-12,15H,9-10H2,1-2H3,(H,19,21)/b7-5+. The van der Waals surface area contributed by atoms with Crippen LogP contribution in [0.3, 0.4) is 0 Å². The first-order valence-corrected chi connectivity index (χ1v) is 7.70. The van der Waals surface area contributed by atoms with Crippen molar-refractivity contribution in [2.45, 2.75) is 25.8 Å². The lowest BCUT2D eigenvalue weighted by Crippen LogP contribution is -2.20. The molecule has 3 rings (SSSR count). The van der Waals surface area contributed by atoms with Crippen molar-refractivity contribution >= 4 is 12.0 Å². The van der Waals surface area contributed by atoms with Crippen molar-refractivity contribution in [3.8, 4) is 5.88 Å². The zero-order valence-corrected chi connectivity index (χ0v) is 13.3. The summed E-state index contributed by atoms with van der Waals surface area (Å²) in [7, 11) is 1.57. The van der Waals surface area contributed by atoms with Gasteiger partial charge in [-0.05, 0) is 36.1 Å². The van der Waals surface area contributed by atoms with Crippen molar-refractivity contribution in [2.75, 3.05) is 7.11 Å². The summed E-state index contributed by atoms with van der Waals surface area (Å²) in [6.45, 7) is 2.63. The molecule has 2 aromatic rings. The summed E-state index contributed by atoms with van der Waals surface area (Å²) >= 11 is 0. The van der Waals surface area contributed by atoms with E-state index in [1.807, 2.05) is 18.2 Å². The Morgan fingerprint density at radius 1 is 1.43 bits per heavy atom. The molecule has 23 heavy (non-hydrogen) atoms. The molecule has 2 unspecified atom stereocenters. The molecule has 2 atom stereocenters. The highest BCUT2D eigenvalue weighted by Gasteiger charge is 2.36. The molecule has 0 aromatic carbocycles. The summed E-state index contributed by atoms with van der Waals surface area (Å²) in [4.78, 5) is 15.9. The highest BCUT2D eigenvalue weighted by molar-refractivity contribution is 5.91. The second kappa shape index (κ2) is 6.69. The number of hydrogen-bond donors (Lipinski definition) is 1. The van der Waals surface area contributed by atoms with Crippen LogP contribution in [0.1, 0.15) is 36.3 Å². The lowest BCUT2D eigenvalue weighted by molar-refractivity contribution is -0.116. The summed E-state index contributed by atoms with van der Waals surface area (Å²) in [5, 5.41) is 2.81. The van der Waals surface area contributed by atoms with E-state index in [4.69, 9.17) is 9.15 Å². The highest BCUT2D eigenvalue weighted by Crippen LogP contribution is 2.47. The fourth-order valence-corrected chi connectivity index (χ4v) is 2.42. The summed E-state index contributed by atoms with van der Waals surface area (Å²) in [6, 6.07) is 7.53. The zero-order chi connectivity index (χ0) is 16.2. The van der Waals surface area contributed by atoms with Crippen LogP contribution in [-0.4, -0.2) is 18.0 Å². The number of carbonyl (C=O) groups excluding carboxylic acids is 1. The Labute approximate surface area is 135 Å². The monoisotopic (exact) mass is 312 g/mol. The van der Waals surface area contributed by atoms with Gasteiger partial charge in [0.15, 0.2) is 0 Å². The lowest BCUT2D eigenvalue weighted by atomic mass is 10.2. The molecule has 5 heteroatoms. The number of hydrogen-bond acceptors (Lipinski definition) is 4. The van der Waals surface area contributed by atoms with Crippen molar-refractivity contribution in [3.63, 3.8) is 0 Å². The van der Waals surface area contributed by atoms with Gasteiger partial charge in [0.1, 0.15) is 11.5 Å². The van der Waals surface area contributed by atoms with Gasteiger partial charge in [-0.1, -0.05) is 13.0 Å². The predicted octanol–water partition coefficient (Wildman–Crippen LogP) is 3.14. The first-order chi connectivity index (χ1) is 11.2. The first-order valence-electron chi connectivity index (χ1n) is 7.70. The van der Waals surface area contributed by atoms with Crippen LogP contribution in [-0.2, 0) is 11.3 Å². The number of amides is 1. The Morgan fingerprint density at radius 3 is 2.91 bits per heavy atom. The van der Waals surface area contributed by atoms with Gasteiger partial charge in [0.05, 0.1) is 7.11 Å². The van der Waals surface area contributed by atoms with Crippen LogP contribution in [0.4, 0.5) is 0 Å². The average Bonchev–Trinajstić information content (AvgIpc) is 3.12. The summed E-state index contributed by atoms with van der Waals surface area (Å²) in [5.74, 6) is 3.37. The fraction of sp³-hybridized carbons (Fsp3) is 0.333. The smallest absolute Gasteiger partial charge is 0.244 e. The van der Waals surface area contributed by atoms with Crippen LogP contribution in [0.15, 0.2) is 41.0 Å². The van der Waals surface area contributed by atoms with E-state index in [-0.39, 0.29) is 5.91 Å². The number of rotatable bonds is 6. The molecule has 1 amide bonds. The van der Waals surface area contributed by atoms with Crippen LogP contribution in [0.2, 0.25) is 0 Å². The van der Waals surface area contributed by atoms with Gasteiger partial charge in [-0.25, -0.2) is 4.98 Å². The molecular weight excluding hydrogens is 292 g/mol. The van der Waals surface area contributed by atoms with Gasteiger partial charge < -0.3 is 14.5 Å². The highest BCUT2D eigenvalue weighted by atomic mass is 16.5. The van der Waals surface area contributed by atoms with Gasteiger partial charge in [0, 0.05) is 30.8 Å². The molecule has 5 nitrogen and oxygen atoms in total. The molecule has 0 radical (unpaired) electrons. The number of nitrogens with one attached hydrogen (secondary N) is 1. The third-order valence-corrected chi connectivity index (χ3v) is 3.99.